The standard InChI is InChI=1S/C15H16ClNO2S/c1-15(2)6-10-4-3-5-12(14(10)19-15)18-8-13-17-11(7-16)9-20-13/h3-5,9H,6-8H2,1-2H3. The molecule has 106 valence electrons. The topological polar surface area (TPSA) is 31.4 Å². The Morgan fingerprint density at radius 2 is 2.30 bits per heavy atom. The molecule has 0 N–H and O–H groups in total. The Kier molecular flexibility index (Phi) is 3.61. The van der Waals surface area contributed by atoms with E-state index in [0.717, 1.165) is 28.6 Å². The maximum Gasteiger partial charge on any atom is 0.165 e. The first kappa shape index (κ1) is 13.7. The van der Waals surface area contributed by atoms with Crippen LogP contribution in [-0.4, -0.2) is 10.6 Å². The minimum atomic E-state index is -0.158. The van der Waals surface area contributed by atoms with Crippen LogP contribution in [-0.2, 0) is 18.9 Å². The highest BCUT2D eigenvalue weighted by molar-refractivity contribution is 7.09. The summed E-state index contributed by atoms with van der Waals surface area (Å²) in [6.07, 6.45) is 0.910. The van der Waals surface area contributed by atoms with Gasteiger partial charge < -0.3 is 9.47 Å². The summed E-state index contributed by atoms with van der Waals surface area (Å²) >= 11 is 7.31. The number of ether oxygens (including phenoxy) is 2. The molecule has 0 saturated carbocycles. The second-order valence-corrected chi connectivity index (χ2v) is 6.65. The first-order valence-electron chi connectivity index (χ1n) is 6.50. The van der Waals surface area contributed by atoms with E-state index in [0.29, 0.717) is 12.5 Å². The third-order valence-corrected chi connectivity index (χ3v) is 4.29. The molecule has 0 unspecified atom stereocenters. The Hall–Kier alpha value is -1.26. The maximum atomic E-state index is 5.98. The van der Waals surface area contributed by atoms with Crippen molar-refractivity contribution in [2.75, 3.05) is 0 Å². The Balaban J connectivity index is 1.75. The van der Waals surface area contributed by atoms with E-state index in [4.69, 9.17) is 21.1 Å². The van der Waals surface area contributed by atoms with E-state index in [1.165, 1.54) is 5.56 Å². The average molecular weight is 310 g/mol. The monoisotopic (exact) mass is 309 g/mol. The number of para-hydroxylation sites is 1. The second-order valence-electron chi connectivity index (χ2n) is 5.44. The number of hydrogen-bond acceptors (Lipinski definition) is 4. The van der Waals surface area contributed by atoms with Crippen molar-refractivity contribution in [3.63, 3.8) is 0 Å². The highest BCUT2D eigenvalue weighted by Gasteiger charge is 2.32. The zero-order valence-corrected chi connectivity index (χ0v) is 13.1. The van der Waals surface area contributed by atoms with Crippen molar-refractivity contribution in [1.29, 1.82) is 0 Å². The highest BCUT2D eigenvalue weighted by Crippen LogP contribution is 2.41. The molecule has 1 aromatic carbocycles. The largest absolute Gasteiger partial charge is 0.483 e. The van der Waals surface area contributed by atoms with Crippen LogP contribution in [0.5, 0.6) is 11.5 Å². The number of aromatic nitrogens is 1. The number of halogens is 1. The first-order chi connectivity index (χ1) is 9.57. The molecule has 2 aromatic rings. The number of fused-ring (bicyclic) bond motifs is 1. The van der Waals surface area contributed by atoms with E-state index in [1.54, 1.807) is 11.3 Å². The molecular weight excluding hydrogens is 294 g/mol. The molecular formula is C15H16ClNO2S. The van der Waals surface area contributed by atoms with Gasteiger partial charge in [-0.05, 0) is 19.9 Å². The minimum Gasteiger partial charge on any atom is -0.483 e. The van der Waals surface area contributed by atoms with Gasteiger partial charge in [-0.1, -0.05) is 12.1 Å². The molecule has 0 atom stereocenters. The van der Waals surface area contributed by atoms with E-state index in [2.05, 4.69) is 24.9 Å². The second kappa shape index (κ2) is 5.26. The summed E-state index contributed by atoms with van der Waals surface area (Å²) in [6, 6.07) is 6.03. The van der Waals surface area contributed by atoms with Gasteiger partial charge in [0.1, 0.15) is 17.2 Å². The van der Waals surface area contributed by atoms with Gasteiger partial charge in [-0.3, -0.25) is 0 Å². The van der Waals surface area contributed by atoms with E-state index in [-0.39, 0.29) is 5.60 Å². The molecule has 1 aliphatic rings. The number of thiazole rings is 1. The third-order valence-electron chi connectivity index (χ3n) is 3.14. The molecule has 1 aliphatic heterocycles. The lowest BCUT2D eigenvalue weighted by Gasteiger charge is -2.18. The van der Waals surface area contributed by atoms with Gasteiger partial charge in [-0.25, -0.2) is 4.98 Å². The van der Waals surface area contributed by atoms with Crippen molar-refractivity contribution in [1.82, 2.24) is 4.98 Å². The van der Waals surface area contributed by atoms with Crippen LogP contribution in [0.4, 0.5) is 0 Å². The van der Waals surface area contributed by atoms with Gasteiger partial charge in [0.05, 0.1) is 11.6 Å². The van der Waals surface area contributed by atoms with Crippen LogP contribution in [0.25, 0.3) is 0 Å². The SMILES string of the molecule is CC1(C)Cc2cccc(OCc3nc(CCl)cs3)c2O1. The van der Waals surface area contributed by atoms with Crippen LogP contribution in [0.1, 0.15) is 30.1 Å². The van der Waals surface area contributed by atoms with Gasteiger partial charge >= 0.3 is 0 Å². The van der Waals surface area contributed by atoms with E-state index >= 15 is 0 Å². The molecule has 2 heterocycles. The van der Waals surface area contributed by atoms with Crippen LogP contribution in [0.3, 0.4) is 0 Å². The number of hydrogen-bond donors (Lipinski definition) is 0. The van der Waals surface area contributed by atoms with Gasteiger partial charge in [0, 0.05) is 17.4 Å². The smallest absolute Gasteiger partial charge is 0.165 e. The number of rotatable bonds is 4. The lowest BCUT2D eigenvalue weighted by Crippen LogP contribution is -2.24. The average Bonchev–Trinajstić information content (AvgIpc) is 2.98. The van der Waals surface area contributed by atoms with Crippen LogP contribution in [0.2, 0.25) is 0 Å². The molecule has 0 fully saturated rings. The number of nitrogens with zero attached hydrogens (tertiary/aromatic N) is 1. The Labute approximate surface area is 127 Å². The number of alkyl halides is 1. The molecule has 1 aromatic heterocycles. The van der Waals surface area contributed by atoms with Crippen molar-refractivity contribution in [2.45, 2.75) is 38.4 Å². The lowest BCUT2D eigenvalue weighted by molar-refractivity contribution is 0.131. The van der Waals surface area contributed by atoms with E-state index in [9.17, 15) is 0 Å². The first-order valence-corrected chi connectivity index (χ1v) is 7.92. The maximum absolute atomic E-state index is 5.98. The summed E-state index contributed by atoms with van der Waals surface area (Å²) in [5.41, 5.74) is 1.94. The summed E-state index contributed by atoms with van der Waals surface area (Å²) in [7, 11) is 0. The molecule has 0 amide bonds. The molecule has 0 aliphatic carbocycles. The summed E-state index contributed by atoms with van der Waals surface area (Å²) in [4.78, 5) is 4.39. The van der Waals surface area contributed by atoms with Gasteiger partial charge in [-0.2, -0.15) is 0 Å². The quantitative estimate of drug-likeness (QED) is 0.794. The summed E-state index contributed by atoms with van der Waals surface area (Å²) in [5, 5.41) is 2.89. The summed E-state index contributed by atoms with van der Waals surface area (Å²) in [5.74, 6) is 2.09. The Morgan fingerprint density at radius 1 is 1.45 bits per heavy atom. The fraction of sp³-hybridized carbons (Fsp3) is 0.400. The molecule has 3 nitrogen and oxygen atoms in total. The Bertz CT molecular complexity index is 624. The predicted molar refractivity (Wildman–Crippen MR) is 80.9 cm³/mol. The molecule has 0 saturated heterocycles. The fourth-order valence-corrected chi connectivity index (χ4v) is 3.25. The summed E-state index contributed by atoms with van der Waals surface area (Å²) in [6.45, 7) is 4.62. The number of benzene rings is 1. The Morgan fingerprint density at radius 3 is 3.05 bits per heavy atom. The van der Waals surface area contributed by atoms with E-state index < -0.39 is 0 Å². The third kappa shape index (κ3) is 2.76. The van der Waals surface area contributed by atoms with Crippen molar-refractivity contribution >= 4 is 22.9 Å². The molecule has 5 heteroatoms. The minimum absolute atomic E-state index is 0.158. The molecule has 0 spiro atoms. The zero-order valence-electron chi connectivity index (χ0n) is 11.5. The van der Waals surface area contributed by atoms with Crippen LogP contribution >= 0.6 is 22.9 Å². The van der Waals surface area contributed by atoms with Gasteiger partial charge in [-0.15, -0.1) is 22.9 Å². The van der Waals surface area contributed by atoms with Crippen molar-refractivity contribution in [3.8, 4) is 11.5 Å². The lowest BCUT2D eigenvalue weighted by atomic mass is 10.0. The van der Waals surface area contributed by atoms with Gasteiger partial charge in [0.25, 0.3) is 0 Å². The highest BCUT2D eigenvalue weighted by atomic mass is 35.5. The predicted octanol–water partition coefficient (Wildman–Crippen LogP) is 4.17. The molecule has 0 radical (unpaired) electrons. The van der Waals surface area contributed by atoms with Gasteiger partial charge in [0.2, 0.25) is 0 Å². The molecule has 3 rings (SSSR count). The van der Waals surface area contributed by atoms with Gasteiger partial charge in [0.15, 0.2) is 11.5 Å². The molecule has 0 bridgehead atoms. The van der Waals surface area contributed by atoms with Crippen molar-refractivity contribution < 1.29 is 9.47 Å². The van der Waals surface area contributed by atoms with Crippen LogP contribution in [0.15, 0.2) is 23.6 Å². The normalized spacial score (nSPS) is 15.8. The fourth-order valence-electron chi connectivity index (χ4n) is 2.32. The van der Waals surface area contributed by atoms with Crippen molar-refractivity contribution in [2.24, 2.45) is 0 Å². The van der Waals surface area contributed by atoms with Crippen molar-refractivity contribution in [3.05, 3.63) is 39.8 Å². The van der Waals surface area contributed by atoms with Crippen LogP contribution in [0, 0.1) is 0 Å². The summed E-state index contributed by atoms with van der Waals surface area (Å²) < 4.78 is 11.8. The molecule has 20 heavy (non-hydrogen) atoms. The van der Waals surface area contributed by atoms with E-state index in [1.807, 2.05) is 17.5 Å². The van der Waals surface area contributed by atoms with Crippen LogP contribution < -0.4 is 9.47 Å². The zero-order chi connectivity index (χ0) is 14.2.